The molecule has 6 heteroatoms. The van der Waals surface area contributed by atoms with Gasteiger partial charge in [-0.1, -0.05) is 41.9 Å². The number of nitrogens with zero attached hydrogens (tertiary/aromatic N) is 1. The summed E-state index contributed by atoms with van der Waals surface area (Å²) in [6.45, 7) is 0. The van der Waals surface area contributed by atoms with Gasteiger partial charge in [0.05, 0.1) is 18.2 Å². The van der Waals surface area contributed by atoms with Crippen molar-refractivity contribution in [1.29, 1.82) is 0 Å². The third-order valence-electron chi connectivity index (χ3n) is 4.29. The van der Waals surface area contributed by atoms with Gasteiger partial charge in [-0.3, -0.25) is 9.36 Å². The number of fused-ring (bicyclic) bond motifs is 1. The van der Waals surface area contributed by atoms with E-state index < -0.39 is 0 Å². The van der Waals surface area contributed by atoms with Crippen LogP contribution >= 0.6 is 11.6 Å². The van der Waals surface area contributed by atoms with Crippen LogP contribution in [0.3, 0.4) is 0 Å². The highest BCUT2D eigenvalue weighted by molar-refractivity contribution is 6.31. The van der Waals surface area contributed by atoms with Crippen molar-refractivity contribution in [1.82, 2.24) is 9.55 Å². The van der Waals surface area contributed by atoms with Gasteiger partial charge in [-0.05, 0) is 35.9 Å². The summed E-state index contributed by atoms with van der Waals surface area (Å²) in [6.07, 6.45) is 0. The molecule has 26 heavy (non-hydrogen) atoms. The highest BCUT2D eigenvalue weighted by Crippen LogP contribution is 2.37. The van der Waals surface area contributed by atoms with Crippen LogP contribution in [0, 0.1) is 0 Å². The lowest BCUT2D eigenvalue weighted by molar-refractivity contribution is 0.415. The van der Waals surface area contributed by atoms with E-state index in [0.717, 1.165) is 5.69 Å². The summed E-state index contributed by atoms with van der Waals surface area (Å²) < 4.78 is 6.87. The molecule has 5 nitrogen and oxygen atoms in total. The SMILES string of the molecule is COc1ccc(-n2c(Cl)cc3[nH]c(=O)c(-c4ccccc4)c(O)c32)cc1. The first-order valence-corrected chi connectivity index (χ1v) is 8.34. The number of aromatic hydroxyl groups is 1. The summed E-state index contributed by atoms with van der Waals surface area (Å²) >= 11 is 6.40. The maximum atomic E-state index is 12.5. The molecule has 4 rings (SSSR count). The van der Waals surface area contributed by atoms with Crippen molar-refractivity contribution in [3.63, 3.8) is 0 Å². The third-order valence-corrected chi connectivity index (χ3v) is 4.56. The lowest BCUT2D eigenvalue weighted by Crippen LogP contribution is -2.09. The van der Waals surface area contributed by atoms with Gasteiger partial charge in [0, 0.05) is 5.69 Å². The number of halogens is 1. The van der Waals surface area contributed by atoms with Gasteiger partial charge in [0.25, 0.3) is 5.56 Å². The smallest absolute Gasteiger partial charge is 0.260 e. The van der Waals surface area contributed by atoms with Crippen molar-refractivity contribution in [2.75, 3.05) is 7.11 Å². The second-order valence-corrected chi connectivity index (χ2v) is 6.19. The molecule has 130 valence electrons. The molecular weight excluding hydrogens is 352 g/mol. The summed E-state index contributed by atoms with van der Waals surface area (Å²) in [5.74, 6) is 0.599. The van der Waals surface area contributed by atoms with Crippen LogP contribution in [0.5, 0.6) is 11.5 Å². The van der Waals surface area contributed by atoms with Crippen molar-refractivity contribution in [3.8, 4) is 28.3 Å². The van der Waals surface area contributed by atoms with Gasteiger partial charge in [-0.25, -0.2) is 0 Å². The Bertz CT molecular complexity index is 1150. The number of aromatic amines is 1. The Kier molecular flexibility index (Phi) is 3.93. The number of ether oxygens (including phenoxy) is 1. The standard InChI is InChI=1S/C20H15ClN2O3/c1-26-14-9-7-13(8-10-14)23-16(21)11-15-18(23)19(24)17(20(25)22-15)12-5-3-2-4-6-12/h2-11H,1H3,(H2,22,24,25). The number of hydrogen-bond acceptors (Lipinski definition) is 3. The van der Waals surface area contributed by atoms with E-state index in [1.807, 2.05) is 30.3 Å². The summed E-state index contributed by atoms with van der Waals surface area (Å²) in [6, 6.07) is 17.9. The molecule has 4 aromatic rings. The molecule has 0 amide bonds. The Morgan fingerprint density at radius 2 is 1.77 bits per heavy atom. The van der Waals surface area contributed by atoms with Crippen LogP contribution in [-0.4, -0.2) is 21.8 Å². The van der Waals surface area contributed by atoms with Crippen molar-refractivity contribution < 1.29 is 9.84 Å². The highest BCUT2D eigenvalue weighted by atomic mass is 35.5. The topological polar surface area (TPSA) is 67.2 Å². The van der Waals surface area contributed by atoms with Crippen molar-refractivity contribution >= 4 is 22.6 Å². The van der Waals surface area contributed by atoms with Crippen LogP contribution in [-0.2, 0) is 0 Å². The molecule has 2 aromatic carbocycles. The average molecular weight is 367 g/mol. The van der Waals surface area contributed by atoms with Crippen LogP contribution < -0.4 is 10.3 Å². The first-order valence-electron chi connectivity index (χ1n) is 7.96. The lowest BCUT2D eigenvalue weighted by Gasteiger charge is -2.11. The predicted molar refractivity (Wildman–Crippen MR) is 103 cm³/mol. The fraction of sp³-hybridized carbons (Fsp3) is 0.0500. The zero-order valence-corrected chi connectivity index (χ0v) is 14.6. The van der Waals surface area contributed by atoms with E-state index in [4.69, 9.17) is 16.3 Å². The van der Waals surface area contributed by atoms with Crippen molar-refractivity contribution in [2.24, 2.45) is 0 Å². The van der Waals surface area contributed by atoms with Gasteiger partial charge >= 0.3 is 0 Å². The van der Waals surface area contributed by atoms with E-state index in [1.165, 1.54) is 0 Å². The maximum absolute atomic E-state index is 12.5. The molecule has 2 aromatic heterocycles. The van der Waals surface area contributed by atoms with E-state index in [9.17, 15) is 9.90 Å². The Labute approximate surface area is 154 Å². The molecule has 0 spiro atoms. The number of rotatable bonds is 3. The van der Waals surface area contributed by atoms with Gasteiger partial charge in [-0.15, -0.1) is 0 Å². The minimum Gasteiger partial charge on any atom is -0.505 e. The van der Waals surface area contributed by atoms with E-state index in [0.29, 0.717) is 27.5 Å². The number of hydrogen-bond donors (Lipinski definition) is 2. The van der Waals surface area contributed by atoms with E-state index >= 15 is 0 Å². The molecular formula is C20H15ClN2O3. The Morgan fingerprint density at radius 1 is 1.08 bits per heavy atom. The zero-order chi connectivity index (χ0) is 18.3. The van der Waals surface area contributed by atoms with Crippen LogP contribution in [0.4, 0.5) is 0 Å². The fourth-order valence-corrected chi connectivity index (χ4v) is 3.37. The van der Waals surface area contributed by atoms with E-state index in [1.54, 1.807) is 42.0 Å². The van der Waals surface area contributed by atoms with Crippen LogP contribution in [0.2, 0.25) is 5.15 Å². The maximum Gasteiger partial charge on any atom is 0.260 e. The van der Waals surface area contributed by atoms with E-state index in [-0.39, 0.29) is 16.9 Å². The number of H-pyrrole nitrogens is 1. The second-order valence-electron chi connectivity index (χ2n) is 5.81. The second kappa shape index (κ2) is 6.28. The third kappa shape index (κ3) is 2.53. The molecule has 0 aliphatic rings. The number of methoxy groups -OCH3 is 1. The molecule has 0 bridgehead atoms. The van der Waals surface area contributed by atoms with Crippen LogP contribution in [0.15, 0.2) is 65.5 Å². The highest BCUT2D eigenvalue weighted by Gasteiger charge is 2.20. The number of aromatic nitrogens is 2. The monoisotopic (exact) mass is 366 g/mol. The zero-order valence-electron chi connectivity index (χ0n) is 13.9. The van der Waals surface area contributed by atoms with Crippen molar-refractivity contribution in [2.45, 2.75) is 0 Å². The average Bonchev–Trinajstić information content (AvgIpc) is 2.98. The van der Waals surface area contributed by atoms with Gasteiger partial charge < -0.3 is 14.8 Å². The summed E-state index contributed by atoms with van der Waals surface area (Å²) in [5.41, 5.74) is 2.12. The predicted octanol–water partition coefficient (Wildman–Crippen LogP) is 4.35. The summed E-state index contributed by atoms with van der Waals surface area (Å²) in [4.78, 5) is 15.3. The summed E-state index contributed by atoms with van der Waals surface area (Å²) in [5, 5.41) is 11.3. The fourth-order valence-electron chi connectivity index (χ4n) is 3.08. The molecule has 0 aliphatic carbocycles. The van der Waals surface area contributed by atoms with Crippen LogP contribution in [0.1, 0.15) is 0 Å². The minimum atomic E-state index is -0.371. The first-order chi connectivity index (χ1) is 12.6. The molecule has 0 saturated carbocycles. The molecule has 0 atom stereocenters. The van der Waals surface area contributed by atoms with E-state index in [2.05, 4.69) is 4.98 Å². The molecule has 0 saturated heterocycles. The normalized spacial score (nSPS) is 11.0. The summed E-state index contributed by atoms with van der Waals surface area (Å²) in [7, 11) is 1.59. The van der Waals surface area contributed by atoms with Gasteiger partial charge in [0.2, 0.25) is 0 Å². The quantitative estimate of drug-likeness (QED) is 0.566. The molecule has 0 aliphatic heterocycles. The van der Waals surface area contributed by atoms with Crippen molar-refractivity contribution in [3.05, 3.63) is 76.2 Å². The largest absolute Gasteiger partial charge is 0.505 e. The molecule has 0 unspecified atom stereocenters. The molecule has 2 heterocycles. The molecule has 0 fully saturated rings. The molecule has 2 N–H and O–H groups in total. The molecule has 0 radical (unpaired) electrons. The lowest BCUT2D eigenvalue weighted by atomic mass is 10.1. The number of pyridine rings is 1. The van der Waals surface area contributed by atoms with Gasteiger partial charge in [0.15, 0.2) is 5.75 Å². The Hall–Kier alpha value is -3.18. The first kappa shape index (κ1) is 16.3. The number of benzene rings is 2. The number of nitrogens with one attached hydrogen (secondary N) is 1. The Morgan fingerprint density at radius 3 is 2.42 bits per heavy atom. The minimum absolute atomic E-state index is 0.113. The van der Waals surface area contributed by atoms with Gasteiger partial charge in [0.1, 0.15) is 16.4 Å². The van der Waals surface area contributed by atoms with Gasteiger partial charge in [-0.2, -0.15) is 0 Å². The Balaban J connectivity index is 2.03. The van der Waals surface area contributed by atoms with Crippen LogP contribution in [0.25, 0.3) is 27.8 Å².